The molecule has 0 unspecified atom stereocenters. The van der Waals surface area contributed by atoms with Crippen LogP contribution in [0.1, 0.15) is 26.8 Å². The second kappa shape index (κ2) is 5.43. The van der Waals surface area contributed by atoms with Crippen molar-refractivity contribution in [2.75, 3.05) is 6.54 Å². The predicted octanol–water partition coefficient (Wildman–Crippen LogP) is 1.95. The van der Waals surface area contributed by atoms with Gasteiger partial charge < -0.3 is 10.0 Å². The first-order valence-electron chi connectivity index (χ1n) is 7.47. The maximum Gasteiger partial charge on any atom is 0.254 e. The first kappa shape index (κ1) is 14.3. The van der Waals surface area contributed by atoms with Gasteiger partial charge in [0.2, 0.25) is 0 Å². The van der Waals surface area contributed by atoms with Gasteiger partial charge in [0.25, 0.3) is 5.91 Å². The molecule has 0 spiro atoms. The quantitative estimate of drug-likeness (QED) is 0.780. The van der Waals surface area contributed by atoms with Gasteiger partial charge in [0, 0.05) is 12.1 Å². The van der Waals surface area contributed by atoms with Crippen molar-refractivity contribution in [3.63, 3.8) is 0 Å². The van der Waals surface area contributed by atoms with Crippen LogP contribution in [-0.2, 0) is 19.7 Å². The number of rotatable bonds is 2. The van der Waals surface area contributed by atoms with E-state index >= 15 is 0 Å². The summed E-state index contributed by atoms with van der Waals surface area (Å²) in [4.78, 5) is 19.0. The van der Waals surface area contributed by atoms with E-state index in [1.807, 2.05) is 40.8 Å². The highest BCUT2D eigenvalue weighted by Gasteiger charge is 2.23. The number of aliphatic hydroxyl groups is 1. The molecule has 3 aromatic rings. The Morgan fingerprint density at radius 3 is 3.04 bits per heavy atom. The van der Waals surface area contributed by atoms with E-state index in [4.69, 9.17) is 0 Å². The summed E-state index contributed by atoms with van der Waals surface area (Å²) in [6, 6.07) is 7.55. The molecule has 4 rings (SSSR count). The highest BCUT2D eigenvalue weighted by molar-refractivity contribution is 7.18. The molecule has 1 aromatic carbocycles. The van der Waals surface area contributed by atoms with Gasteiger partial charge >= 0.3 is 0 Å². The third-order valence-corrected chi connectivity index (χ3v) is 4.99. The van der Waals surface area contributed by atoms with Crippen LogP contribution in [0.15, 0.2) is 24.3 Å². The highest BCUT2D eigenvalue weighted by atomic mass is 32.1. The molecule has 2 aromatic heterocycles. The number of aliphatic hydroxyl groups excluding tert-OH is 1. The number of hydrogen-bond donors (Lipinski definition) is 1. The molecular weight excluding hydrogens is 312 g/mol. The molecule has 1 aliphatic rings. The van der Waals surface area contributed by atoms with Crippen LogP contribution in [0.3, 0.4) is 0 Å². The van der Waals surface area contributed by atoms with Crippen molar-refractivity contribution >= 4 is 27.5 Å². The van der Waals surface area contributed by atoms with E-state index in [1.165, 1.54) is 0 Å². The summed E-state index contributed by atoms with van der Waals surface area (Å²) < 4.78 is 2.96. The van der Waals surface area contributed by atoms with Gasteiger partial charge in [0.1, 0.15) is 0 Å². The monoisotopic (exact) mass is 328 g/mol. The molecule has 3 heterocycles. The molecule has 1 aliphatic heterocycles. The third kappa shape index (κ3) is 2.51. The predicted molar refractivity (Wildman–Crippen MR) is 87.2 cm³/mol. The van der Waals surface area contributed by atoms with Crippen molar-refractivity contribution < 1.29 is 9.90 Å². The van der Waals surface area contributed by atoms with Gasteiger partial charge in [0.05, 0.1) is 46.3 Å². The smallest absolute Gasteiger partial charge is 0.254 e. The third-order valence-electron chi connectivity index (χ3n) is 4.04. The Morgan fingerprint density at radius 1 is 1.35 bits per heavy atom. The van der Waals surface area contributed by atoms with Gasteiger partial charge in [-0.05, 0) is 31.2 Å². The van der Waals surface area contributed by atoms with Gasteiger partial charge in [-0.3, -0.25) is 9.48 Å². The molecule has 1 amide bonds. The largest absolute Gasteiger partial charge is 0.390 e. The minimum atomic E-state index is -0.0756. The minimum absolute atomic E-state index is 0.00977. The number of amides is 1. The second-order valence-corrected chi connectivity index (χ2v) is 6.89. The molecule has 23 heavy (non-hydrogen) atoms. The average molecular weight is 328 g/mol. The lowest BCUT2D eigenvalue weighted by molar-refractivity contribution is 0.0706. The fraction of sp³-hybridized carbons (Fsp3) is 0.312. The topological polar surface area (TPSA) is 71.2 Å². The number of aromatic nitrogens is 3. The number of aryl methyl sites for hydroxylation is 1. The average Bonchev–Trinajstić information content (AvgIpc) is 3.14. The zero-order valence-electron chi connectivity index (χ0n) is 12.7. The Bertz CT molecular complexity index is 899. The maximum absolute atomic E-state index is 12.8. The molecule has 0 aliphatic carbocycles. The molecule has 0 saturated heterocycles. The number of hydrogen-bond acceptors (Lipinski definition) is 5. The Balaban J connectivity index is 1.60. The molecule has 0 atom stereocenters. The maximum atomic E-state index is 12.8. The van der Waals surface area contributed by atoms with Gasteiger partial charge in [0.15, 0.2) is 0 Å². The Labute approximate surface area is 137 Å². The van der Waals surface area contributed by atoms with E-state index < -0.39 is 0 Å². The Morgan fingerprint density at radius 2 is 2.22 bits per heavy atom. The zero-order valence-corrected chi connectivity index (χ0v) is 13.5. The van der Waals surface area contributed by atoms with E-state index in [1.54, 1.807) is 11.3 Å². The van der Waals surface area contributed by atoms with Gasteiger partial charge in [-0.25, -0.2) is 4.98 Å². The summed E-state index contributed by atoms with van der Waals surface area (Å²) in [6.45, 7) is 3.68. The molecule has 1 N–H and O–H groups in total. The SMILES string of the molecule is Cc1nc2cc(C(=O)N3CCn4nc(CO)cc4C3)ccc2s1. The number of fused-ring (bicyclic) bond motifs is 2. The van der Waals surface area contributed by atoms with Crippen LogP contribution in [0.5, 0.6) is 0 Å². The zero-order chi connectivity index (χ0) is 16.0. The minimum Gasteiger partial charge on any atom is -0.390 e. The van der Waals surface area contributed by atoms with Crippen LogP contribution in [0.4, 0.5) is 0 Å². The standard InChI is InChI=1S/C16H16N4O2S/c1-10-17-14-6-11(2-3-15(14)23-10)16(22)19-4-5-20-13(8-19)7-12(9-21)18-20/h2-3,6-7,21H,4-5,8-9H2,1H3. The van der Waals surface area contributed by atoms with Crippen LogP contribution in [0, 0.1) is 6.92 Å². The Kier molecular flexibility index (Phi) is 3.39. The van der Waals surface area contributed by atoms with E-state index in [-0.39, 0.29) is 12.5 Å². The lowest BCUT2D eigenvalue weighted by Gasteiger charge is -2.27. The summed E-state index contributed by atoms with van der Waals surface area (Å²) >= 11 is 1.63. The molecule has 6 nitrogen and oxygen atoms in total. The van der Waals surface area contributed by atoms with Crippen LogP contribution in [0.2, 0.25) is 0 Å². The number of benzene rings is 1. The lowest BCUT2D eigenvalue weighted by atomic mass is 10.1. The van der Waals surface area contributed by atoms with E-state index in [0.717, 1.165) is 20.9 Å². The number of nitrogens with zero attached hydrogens (tertiary/aromatic N) is 4. The number of carbonyl (C=O) groups excluding carboxylic acids is 1. The fourth-order valence-electron chi connectivity index (χ4n) is 2.93. The lowest BCUT2D eigenvalue weighted by Crippen LogP contribution is -2.38. The van der Waals surface area contributed by atoms with E-state index in [9.17, 15) is 9.90 Å². The fourth-order valence-corrected chi connectivity index (χ4v) is 3.74. The molecular formula is C16H16N4O2S. The molecule has 0 saturated carbocycles. The van der Waals surface area contributed by atoms with Crippen molar-refractivity contribution in [3.05, 3.63) is 46.2 Å². The summed E-state index contributed by atoms with van der Waals surface area (Å²) in [7, 11) is 0. The summed E-state index contributed by atoms with van der Waals surface area (Å²) in [5.41, 5.74) is 3.15. The van der Waals surface area contributed by atoms with Gasteiger partial charge in [-0.1, -0.05) is 0 Å². The second-order valence-electron chi connectivity index (χ2n) is 5.65. The van der Waals surface area contributed by atoms with Crippen molar-refractivity contribution in [3.8, 4) is 0 Å². The summed E-state index contributed by atoms with van der Waals surface area (Å²) in [5.74, 6) is 0.00977. The molecule has 0 radical (unpaired) electrons. The molecule has 0 bridgehead atoms. The van der Waals surface area contributed by atoms with Gasteiger partial charge in [-0.15, -0.1) is 11.3 Å². The van der Waals surface area contributed by atoms with Gasteiger partial charge in [-0.2, -0.15) is 5.10 Å². The van der Waals surface area contributed by atoms with Crippen LogP contribution in [-0.4, -0.2) is 37.2 Å². The summed E-state index contributed by atoms with van der Waals surface area (Å²) in [6.07, 6.45) is 0. The van der Waals surface area contributed by atoms with Crippen LogP contribution >= 0.6 is 11.3 Å². The van der Waals surface area contributed by atoms with Crippen LogP contribution < -0.4 is 0 Å². The molecule has 0 fully saturated rings. The summed E-state index contributed by atoms with van der Waals surface area (Å²) in [5, 5.41) is 14.5. The molecule has 118 valence electrons. The first-order valence-corrected chi connectivity index (χ1v) is 8.28. The van der Waals surface area contributed by atoms with Crippen molar-refractivity contribution in [1.82, 2.24) is 19.7 Å². The Hall–Kier alpha value is -2.25. The normalized spacial score (nSPS) is 14.3. The first-order chi connectivity index (χ1) is 11.1. The number of carbonyl (C=O) groups is 1. The van der Waals surface area contributed by atoms with E-state index in [2.05, 4.69) is 10.1 Å². The van der Waals surface area contributed by atoms with Crippen LogP contribution in [0.25, 0.3) is 10.2 Å². The number of thiazole rings is 1. The van der Waals surface area contributed by atoms with Crippen molar-refractivity contribution in [2.45, 2.75) is 26.6 Å². The highest BCUT2D eigenvalue weighted by Crippen LogP contribution is 2.24. The van der Waals surface area contributed by atoms with Crippen molar-refractivity contribution in [1.29, 1.82) is 0 Å². The van der Waals surface area contributed by atoms with Crippen molar-refractivity contribution in [2.24, 2.45) is 0 Å². The molecule has 7 heteroatoms. The van der Waals surface area contributed by atoms with E-state index in [0.29, 0.717) is 30.9 Å².